The molecule has 1 atom stereocenters. The molecule has 9 heteroatoms. The highest BCUT2D eigenvalue weighted by Crippen LogP contribution is 2.28. The highest BCUT2D eigenvalue weighted by atomic mass is 32.1. The minimum absolute atomic E-state index is 0.0169. The third-order valence-electron chi connectivity index (χ3n) is 5.38. The summed E-state index contributed by atoms with van der Waals surface area (Å²) in [5.74, 6) is 0.815. The van der Waals surface area contributed by atoms with Gasteiger partial charge in [0.25, 0.3) is 5.91 Å². The molecule has 4 heterocycles. The first-order valence-corrected chi connectivity index (χ1v) is 11.3. The van der Waals surface area contributed by atoms with Gasteiger partial charge in [-0.25, -0.2) is 9.97 Å². The molecule has 1 unspecified atom stereocenters. The Labute approximate surface area is 189 Å². The number of H-pyrrole nitrogens is 1. The Morgan fingerprint density at radius 3 is 2.91 bits per heavy atom. The minimum Gasteiger partial charge on any atom is -0.368 e. The number of carbonyl (C=O) groups is 1. The van der Waals surface area contributed by atoms with Gasteiger partial charge < -0.3 is 19.9 Å². The van der Waals surface area contributed by atoms with Crippen molar-refractivity contribution in [3.8, 4) is 0 Å². The predicted molar refractivity (Wildman–Crippen MR) is 125 cm³/mol. The van der Waals surface area contributed by atoms with Crippen molar-refractivity contribution in [3.63, 3.8) is 0 Å². The Kier molecular flexibility index (Phi) is 5.36. The Bertz CT molecular complexity index is 1300. The molecular formula is C23H24N6O2S. The number of aryl methyl sites for hydroxylation is 3. The highest BCUT2D eigenvalue weighted by molar-refractivity contribution is 7.15. The zero-order chi connectivity index (χ0) is 22.2. The quantitative estimate of drug-likeness (QED) is 0.483. The lowest BCUT2D eigenvalue weighted by molar-refractivity contribution is -0.0247. The minimum atomic E-state index is -0.288. The van der Waals surface area contributed by atoms with Crippen LogP contribution in [0, 0.1) is 20.8 Å². The van der Waals surface area contributed by atoms with Crippen molar-refractivity contribution in [1.29, 1.82) is 0 Å². The molecule has 5 rings (SSSR count). The molecule has 1 aliphatic rings. The van der Waals surface area contributed by atoms with E-state index in [1.807, 2.05) is 62.2 Å². The van der Waals surface area contributed by atoms with Crippen molar-refractivity contribution >= 4 is 39.1 Å². The van der Waals surface area contributed by atoms with Gasteiger partial charge in [-0.3, -0.25) is 9.78 Å². The van der Waals surface area contributed by atoms with Crippen LogP contribution < -0.4 is 5.32 Å². The maximum absolute atomic E-state index is 13.2. The molecule has 1 fully saturated rings. The number of morpholine rings is 1. The smallest absolute Gasteiger partial charge is 0.254 e. The second kappa shape index (κ2) is 8.33. The van der Waals surface area contributed by atoms with E-state index in [4.69, 9.17) is 4.74 Å². The van der Waals surface area contributed by atoms with Gasteiger partial charge in [0.15, 0.2) is 5.13 Å². The zero-order valence-electron chi connectivity index (χ0n) is 18.2. The first-order valence-electron chi connectivity index (χ1n) is 10.5. The Morgan fingerprint density at radius 1 is 1.22 bits per heavy atom. The van der Waals surface area contributed by atoms with Crippen LogP contribution in [-0.2, 0) is 4.74 Å². The average Bonchev–Trinajstić information content (AvgIpc) is 3.36. The number of ether oxygens (including phenoxy) is 1. The Hall–Kier alpha value is -3.30. The molecule has 0 spiro atoms. The molecule has 0 aliphatic carbocycles. The molecule has 1 aromatic carbocycles. The summed E-state index contributed by atoms with van der Waals surface area (Å²) in [6, 6.07) is 9.53. The third-order valence-corrected chi connectivity index (χ3v) is 6.20. The van der Waals surface area contributed by atoms with Crippen LogP contribution in [0.2, 0.25) is 0 Å². The van der Waals surface area contributed by atoms with Crippen molar-refractivity contribution < 1.29 is 9.53 Å². The summed E-state index contributed by atoms with van der Waals surface area (Å²) >= 11 is 1.60. The van der Waals surface area contributed by atoms with E-state index >= 15 is 0 Å². The predicted octanol–water partition coefficient (Wildman–Crippen LogP) is 4.30. The molecular weight excluding hydrogens is 424 g/mol. The van der Waals surface area contributed by atoms with Crippen molar-refractivity contribution in [3.05, 3.63) is 64.2 Å². The molecule has 32 heavy (non-hydrogen) atoms. The van der Waals surface area contributed by atoms with Crippen LogP contribution in [0.1, 0.15) is 38.6 Å². The summed E-state index contributed by atoms with van der Waals surface area (Å²) in [4.78, 5) is 32.8. The number of pyridine rings is 1. The highest BCUT2D eigenvalue weighted by Gasteiger charge is 2.27. The van der Waals surface area contributed by atoms with Crippen LogP contribution in [0.3, 0.4) is 0 Å². The number of anilines is 2. The van der Waals surface area contributed by atoms with Gasteiger partial charge in [-0.05, 0) is 51.1 Å². The topological polar surface area (TPSA) is 96.0 Å². The number of amides is 1. The largest absolute Gasteiger partial charge is 0.368 e. The van der Waals surface area contributed by atoms with Gasteiger partial charge in [0.2, 0.25) is 0 Å². The monoisotopic (exact) mass is 448 g/mol. The molecule has 1 amide bonds. The summed E-state index contributed by atoms with van der Waals surface area (Å²) in [6.45, 7) is 7.34. The molecule has 1 saturated heterocycles. The third kappa shape index (κ3) is 4.21. The van der Waals surface area contributed by atoms with Crippen LogP contribution >= 0.6 is 11.3 Å². The van der Waals surface area contributed by atoms with Gasteiger partial charge in [-0.1, -0.05) is 0 Å². The van der Waals surface area contributed by atoms with Gasteiger partial charge in [-0.15, -0.1) is 11.3 Å². The molecule has 8 nitrogen and oxygen atoms in total. The Morgan fingerprint density at radius 2 is 2.09 bits per heavy atom. The van der Waals surface area contributed by atoms with E-state index in [0.29, 0.717) is 25.3 Å². The normalized spacial score (nSPS) is 16.5. The van der Waals surface area contributed by atoms with E-state index in [9.17, 15) is 4.79 Å². The number of hydrogen-bond donors (Lipinski definition) is 2. The van der Waals surface area contributed by atoms with Crippen LogP contribution in [0.4, 0.5) is 10.8 Å². The van der Waals surface area contributed by atoms with Gasteiger partial charge in [0.05, 0.1) is 29.9 Å². The lowest BCUT2D eigenvalue weighted by Crippen LogP contribution is -2.42. The van der Waals surface area contributed by atoms with Crippen LogP contribution in [-0.4, -0.2) is 50.4 Å². The number of rotatable bonds is 4. The van der Waals surface area contributed by atoms with Crippen LogP contribution in [0.15, 0.2) is 36.5 Å². The fourth-order valence-electron chi connectivity index (χ4n) is 3.93. The number of hydrogen-bond acceptors (Lipinski definition) is 7. The van der Waals surface area contributed by atoms with Crippen LogP contribution in [0.25, 0.3) is 11.0 Å². The van der Waals surface area contributed by atoms with Crippen molar-refractivity contribution in [1.82, 2.24) is 24.8 Å². The summed E-state index contributed by atoms with van der Waals surface area (Å²) < 4.78 is 6.00. The summed E-state index contributed by atoms with van der Waals surface area (Å²) in [5, 5.41) is 4.18. The number of nitrogens with zero attached hydrogens (tertiary/aromatic N) is 4. The zero-order valence-corrected chi connectivity index (χ0v) is 19.0. The first kappa shape index (κ1) is 20.6. The van der Waals surface area contributed by atoms with E-state index in [1.165, 1.54) is 0 Å². The molecule has 0 bridgehead atoms. The molecule has 1 aliphatic heterocycles. The number of carbonyl (C=O) groups excluding carboxylic acids is 1. The van der Waals surface area contributed by atoms with Crippen LogP contribution in [0.5, 0.6) is 0 Å². The molecule has 4 aromatic rings. The van der Waals surface area contributed by atoms with E-state index in [0.717, 1.165) is 43.9 Å². The molecule has 0 radical (unpaired) electrons. The molecule has 164 valence electrons. The average molecular weight is 449 g/mol. The van der Waals surface area contributed by atoms with Gasteiger partial charge >= 0.3 is 0 Å². The van der Waals surface area contributed by atoms with E-state index < -0.39 is 0 Å². The van der Waals surface area contributed by atoms with Crippen molar-refractivity contribution in [2.45, 2.75) is 26.9 Å². The number of benzene rings is 1. The standard InChI is InChI=1S/C23H24N6O2S/c1-13-8-17(28-23-24-11-14(2)32-23)10-20(25-13)21-12-29(6-7-31-21)22(30)16-4-5-18-19(9-16)27-15(3)26-18/h4-5,8-11,21H,6-7,12H2,1-3H3,(H,26,27)(H,24,25,28). The molecule has 0 saturated carbocycles. The first-order chi connectivity index (χ1) is 15.4. The second-order valence-corrected chi connectivity index (χ2v) is 9.22. The number of imidazole rings is 1. The molecule has 3 aromatic heterocycles. The number of fused-ring (bicyclic) bond motifs is 1. The van der Waals surface area contributed by atoms with E-state index in [2.05, 4.69) is 25.3 Å². The van der Waals surface area contributed by atoms with E-state index in [-0.39, 0.29) is 12.0 Å². The SMILES string of the molecule is Cc1cc(Nc2ncc(C)s2)cc(C2CN(C(=O)c3ccc4nc(C)[nH]c4c3)CCO2)n1. The van der Waals surface area contributed by atoms with Crippen molar-refractivity contribution in [2.24, 2.45) is 0 Å². The summed E-state index contributed by atoms with van der Waals surface area (Å²) in [5.41, 5.74) is 4.96. The maximum atomic E-state index is 13.2. The van der Waals surface area contributed by atoms with Gasteiger partial charge in [0, 0.05) is 34.6 Å². The number of nitrogens with one attached hydrogen (secondary N) is 2. The fourth-order valence-corrected chi connectivity index (χ4v) is 4.62. The van der Waals surface area contributed by atoms with Gasteiger partial charge in [0.1, 0.15) is 11.9 Å². The van der Waals surface area contributed by atoms with E-state index in [1.54, 1.807) is 11.3 Å². The summed E-state index contributed by atoms with van der Waals surface area (Å²) in [6.07, 6.45) is 1.56. The summed E-state index contributed by atoms with van der Waals surface area (Å²) in [7, 11) is 0. The Balaban J connectivity index is 1.35. The number of thiazole rings is 1. The second-order valence-electron chi connectivity index (χ2n) is 7.99. The number of aromatic amines is 1. The lowest BCUT2D eigenvalue weighted by Gasteiger charge is -2.33. The van der Waals surface area contributed by atoms with Gasteiger partial charge in [-0.2, -0.15) is 0 Å². The van der Waals surface area contributed by atoms with Crippen molar-refractivity contribution in [2.75, 3.05) is 25.0 Å². The molecule has 2 N–H and O–H groups in total. The maximum Gasteiger partial charge on any atom is 0.254 e. The lowest BCUT2D eigenvalue weighted by atomic mass is 10.1. The fraction of sp³-hybridized carbons (Fsp3) is 0.304. The number of aromatic nitrogens is 4.